The molecular weight excluding hydrogens is 592 g/mol. The number of hydrogen-bond acceptors (Lipinski definition) is 11. The lowest BCUT2D eigenvalue weighted by molar-refractivity contribution is -0.384. The summed E-state index contributed by atoms with van der Waals surface area (Å²) in [6, 6.07) is 13.9. The standard InChI is InChI=1S/C34H44N4O8/c1-21(2)35-17-27(39)20-45-28-13-11-24(12-14-28)18-37-15-7-10-29(19-37)46-34(41)31-23(4)36-22(3)30(33(40)44-5)32(31)25-8-6-9-26(16-25)38(42)43/h6,8-9,11-14,16,21,27,29,32,35-36,39H,7,10,15,17-20H2,1-5H3. The predicted octanol–water partition coefficient (Wildman–Crippen LogP) is 3.95. The van der Waals surface area contributed by atoms with Crippen molar-refractivity contribution in [3.63, 3.8) is 0 Å². The van der Waals surface area contributed by atoms with Gasteiger partial charge in [0.2, 0.25) is 0 Å². The van der Waals surface area contributed by atoms with Gasteiger partial charge in [0.1, 0.15) is 24.6 Å². The molecule has 0 spiro atoms. The SMILES string of the molecule is COC(=O)C1=C(C)NC(C)=C(C(=O)OC2CCCN(Cc3ccc(OCC(O)CNC(C)C)cc3)C2)C1c1cccc([N+](=O)[O-])c1. The zero-order chi connectivity index (χ0) is 33.4. The molecule has 1 saturated heterocycles. The molecule has 2 aliphatic rings. The average molecular weight is 637 g/mol. The second-order valence-corrected chi connectivity index (χ2v) is 12.1. The van der Waals surface area contributed by atoms with E-state index < -0.39 is 28.9 Å². The molecule has 0 saturated carbocycles. The number of allylic oxidation sites excluding steroid dienone is 2. The van der Waals surface area contributed by atoms with E-state index in [2.05, 4.69) is 15.5 Å². The van der Waals surface area contributed by atoms with E-state index in [4.69, 9.17) is 14.2 Å². The normalized spacial score (nSPS) is 19.5. The van der Waals surface area contributed by atoms with Crippen LogP contribution in [0.1, 0.15) is 57.6 Å². The number of aliphatic hydroxyl groups is 1. The van der Waals surface area contributed by atoms with Crippen LogP contribution in [0.25, 0.3) is 0 Å². The van der Waals surface area contributed by atoms with Gasteiger partial charge in [-0.15, -0.1) is 0 Å². The maximum absolute atomic E-state index is 13.8. The van der Waals surface area contributed by atoms with Gasteiger partial charge in [-0.05, 0) is 56.5 Å². The summed E-state index contributed by atoms with van der Waals surface area (Å²) in [4.78, 5) is 40.0. The Bertz CT molecular complexity index is 1470. The van der Waals surface area contributed by atoms with Gasteiger partial charge in [-0.2, -0.15) is 0 Å². The van der Waals surface area contributed by atoms with Crippen LogP contribution in [-0.4, -0.2) is 78.5 Å². The maximum Gasteiger partial charge on any atom is 0.337 e. The van der Waals surface area contributed by atoms with Crippen LogP contribution in [0.15, 0.2) is 71.1 Å². The number of esters is 2. The zero-order valence-corrected chi connectivity index (χ0v) is 27.1. The molecule has 12 heteroatoms. The van der Waals surface area contributed by atoms with Gasteiger partial charge in [0.05, 0.1) is 29.1 Å². The molecule has 2 aliphatic heterocycles. The molecule has 0 aliphatic carbocycles. The third kappa shape index (κ3) is 8.93. The molecule has 0 amide bonds. The van der Waals surface area contributed by atoms with Crippen molar-refractivity contribution in [3.05, 3.63) is 92.3 Å². The Morgan fingerprint density at radius 1 is 1.11 bits per heavy atom. The predicted molar refractivity (Wildman–Crippen MR) is 172 cm³/mol. The minimum absolute atomic E-state index is 0.151. The van der Waals surface area contributed by atoms with Crippen LogP contribution in [0, 0.1) is 10.1 Å². The third-order valence-electron chi connectivity index (χ3n) is 8.07. The number of carbonyl (C=O) groups excluding carboxylic acids is 2. The van der Waals surface area contributed by atoms with E-state index in [-0.39, 0.29) is 35.6 Å². The van der Waals surface area contributed by atoms with E-state index in [0.29, 0.717) is 48.8 Å². The van der Waals surface area contributed by atoms with Gasteiger partial charge in [0.25, 0.3) is 5.69 Å². The molecule has 2 aromatic rings. The van der Waals surface area contributed by atoms with Crippen molar-refractivity contribution in [2.45, 2.75) is 71.2 Å². The number of nitrogens with zero attached hydrogens (tertiary/aromatic N) is 2. The first-order valence-electron chi connectivity index (χ1n) is 15.5. The Kier molecular flexibility index (Phi) is 11.9. The molecule has 12 nitrogen and oxygen atoms in total. The van der Waals surface area contributed by atoms with Crippen molar-refractivity contribution >= 4 is 17.6 Å². The summed E-state index contributed by atoms with van der Waals surface area (Å²) in [5.41, 5.74) is 2.75. The van der Waals surface area contributed by atoms with Crippen molar-refractivity contribution < 1.29 is 33.8 Å². The number of methoxy groups -OCH3 is 1. The first kappa shape index (κ1) is 34.6. The van der Waals surface area contributed by atoms with E-state index in [1.54, 1.807) is 19.9 Å². The summed E-state index contributed by atoms with van der Waals surface area (Å²) >= 11 is 0. The molecule has 3 atom stereocenters. The quantitative estimate of drug-likeness (QED) is 0.166. The fraction of sp³-hybridized carbons (Fsp3) is 0.471. The van der Waals surface area contributed by atoms with Crippen LogP contribution in [0.5, 0.6) is 5.75 Å². The van der Waals surface area contributed by atoms with E-state index in [0.717, 1.165) is 18.5 Å². The molecule has 0 aromatic heterocycles. The largest absolute Gasteiger partial charge is 0.491 e. The van der Waals surface area contributed by atoms with Gasteiger partial charge in [0.15, 0.2) is 0 Å². The first-order chi connectivity index (χ1) is 22.0. The Hall–Kier alpha value is -4.26. The number of carbonyl (C=O) groups is 2. The highest BCUT2D eigenvalue weighted by molar-refractivity contribution is 6.00. The Labute approximate surface area is 269 Å². The molecule has 1 fully saturated rings. The molecule has 46 heavy (non-hydrogen) atoms. The van der Waals surface area contributed by atoms with Crippen LogP contribution >= 0.6 is 0 Å². The summed E-state index contributed by atoms with van der Waals surface area (Å²) in [6.07, 6.45) is 0.526. The van der Waals surface area contributed by atoms with Crippen molar-refractivity contribution in [3.8, 4) is 5.75 Å². The summed E-state index contributed by atoms with van der Waals surface area (Å²) in [7, 11) is 1.25. The van der Waals surface area contributed by atoms with E-state index in [1.165, 1.54) is 25.3 Å². The van der Waals surface area contributed by atoms with Crippen LogP contribution in [-0.2, 0) is 25.6 Å². The average Bonchev–Trinajstić information content (AvgIpc) is 3.02. The first-order valence-corrected chi connectivity index (χ1v) is 15.5. The van der Waals surface area contributed by atoms with Gasteiger partial charge in [-0.1, -0.05) is 38.1 Å². The van der Waals surface area contributed by atoms with Crippen LogP contribution in [0.2, 0.25) is 0 Å². The number of piperidine rings is 1. The fourth-order valence-electron chi connectivity index (χ4n) is 5.84. The zero-order valence-electron chi connectivity index (χ0n) is 27.1. The van der Waals surface area contributed by atoms with Crippen LogP contribution in [0.3, 0.4) is 0 Å². The van der Waals surface area contributed by atoms with Gasteiger partial charge in [-0.3, -0.25) is 15.0 Å². The molecule has 3 unspecified atom stereocenters. The number of ether oxygens (including phenoxy) is 3. The van der Waals surface area contributed by atoms with Crippen LogP contribution < -0.4 is 15.4 Å². The lowest BCUT2D eigenvalue weighted by atomic mass is 9.80. The number of nitrogens with one attached hydrogen (secondary N) is 2. The Balaban J connectivity index is 1.43. The number of likely N-dealkylation sites (tertiary alicyclic amines) is 1. The van der Waals surface area contributed by atoms with E-state index in [1.807, 2.05) is 38.1 Å². The van der Waals surface area contributed by atoms with Crippen molar-refractivity contribution in [2.75, 3.05) is 33.4 Å². The minimum atomic E-state index is -0.908. The molecule has 248 valence electrons. The molecule has 0 radical (unpaired) electrons. The Morgan fingerprint density at radius 2 is 1.80 bits per heavy atom. The van der Waals surface area contributed by atoms with Crippen LogP contribution in [0.4, 0.5) is 5.69 Å². The summed E-state index contributed by atoms with van der Waals surface area (Å²) < 4.78 is 16.8. The second-order valence-electron chi connectivity index (χ2n) is 12.1. The molecule has 2 heterocycles. The van der Waals surface area contributed by atoms with Gasteiger partial charge < -0.3 is 30.0 Å². The molecule has 4 rings (SSSR count). The number of benzene rings is 2. The number of non-ortho nitro benzene ring substituents is 1. The number of hydrogen-bond donors (Lipinski definition) is 3. The van der Waals surface area contributed by atoms with Gasteiger partial charge in [-0.25, -0.2) is 9.59 Å². The van der Waals surface area contributed by atoms with Gasteiger partial charge >= 0.3 is 11.9 Å². The molecule has 3 N–H and O–H groups in total. The maximum atomic E-state index is 13.8. The lowest BCUT2D eigenvalue weighted by Crippen LogP contribution is -2.41. The summed E-state index contributed by atoms with van der Waals surface area (Å²) in [5.74, 6) is -1.46. The van der Waals surface area contributed by atoms with E-state index >= 15 is 0 Å². The number of aliphatic hydroxyl groups excluding tert-OH is 1. The number of rotatable bonds is 13. The Morgan fingerprint density at radius 3 is 2.46 bits per heavy atom. The fourth-order valence-corrected chi connectivity index (χ4v) is 5.84. The third-order valence-corrected chi connectivity index (χ3v) is 8.07. The van der Waals surface area contributed by atoms with Crippen molar-refractivity contribution in [1.82, 2.24) is 15.5 Å². The second kappa shape index (κ2) is 15.8. The number of nitro groups is 1. The molecule has 2 aromatic carbocycles. The lowest BCUT2D eigenvalue weighted by Gasteiger charge is -2.34. The minimum Gasteiger partial charge on any atom is -0.491 e. The highest BCUT2D eigenvalue weighted by Gasteiger charge is 2.39. The molecule has 0 bridgehead atoms. The molecular formula is C34H44N4O8. The highest BCUT2D eigenvalue weighted by atomic mass is 16.6. The summed E-state index contributed by atoms with van der Waals surface area (Å²) in [5, 5.41) is 27.9. The van der Waals surface area contributed by atoms with Crippen molar-refractivity contribution in [2.24, 2.45) is 0 Å². The monoisotopic (exact) mass is 636 g/mol. The van der Waals surface area contributed by atoms with E-state index in [9.17, 15) is 24.8 Å². The summed E-state index contributed by atoms with van der Waals surface area (Å²) in [6.45, 7) is 10.2. The topological polar surface area (TPSA) is 152 Å². The van der Waals surface area contributed by atoms with Gasteiger partial charge in [0, 0.05) is 49.2 Å². The smallest absolute Gasteiger partial charge is 0.337 e. The highest BCUT2D eigenvalue weighted by Crippen LogP contribution is 2.40. The number of dihydropyridines is 1. The number of nitro benzene ring substituents is 1. The van der Waals surface area contributed by atoms with Crippen molar-refractivity contribution in [1.29, 1.82) is 0 Å².